The molecule has 218 valence electrons. The van der Waals surface area contributed by atoms with Gasteiger partial charge in [0, 0.05) is 18.8 Å². The summed E-state index contributed by atoms with van der Waals surface area (Å²) in [5, 5.41) is 10.7. The Balaban J connectivity index is 1.43. The minimum absolute atomic E-state index is 0.236. The van der Waals surface area contributed by atoms with E-state index >= 15 is 0 Å². The molecule has 2 heterocycles. The summed E-state index contributed by atoms with van der Waals surface area (Å²) >= 11 is 12.1. The van der Waals surface area contributed by atoms with Gasteiger partial charge in [0.25, 0.3) is 0 Å². The van der Waals surface area contributed by atoms with E-state index in [9.17, 15) is 36.4 Å². The number of amides is 2. The minimum Gasteiger partial charge on any atom is -0.484 e. The summed E-state index contributed by atoms with van der Waals surface area (Å²) in [5.41, 5.74) is -1.45. The summed E-state index contributed by atoms with van der Waals surface area (Å²) in [7, 11) is -4.27. The largest absolute Gasteiger partial charge is 0.484 e. The minimum atomic E-state index is -4.60. The zero-order valence-electron chi connectivity index (χ0n) is 21.2. The van der Waals surface area contributed by atoms with Crippen LogP contribution in [0.4, 0.5) is 13.2 Å². The molecular formula is C26H23Cl2F3N4O5S. The van der Waals surface area contributed by atoms with Crippen LogP contribution in [-0.2, 0) is 24.8 Å². The van der Waals surface area contributed by atoms with Crippen molar-refractivity contribution in [2.45, 2.75) is 65.4 Å². The van der Waals surface area contributed by atoms with Crippen molar-refractivity contribution in [1.29, 1.82) is 5.26 Å². The van der Waals surface area contributed by atoms with E-state index in [4.69, 9.17) is 23.2 Å². The molecule has 2 saturated carbocycles. The van der Waals surface area contributed by atoms with Gasteiger partial charge in [0.15, 0.2) is 16.4 Å². The first-order valence-corrected chi connectivity index (χ1v) is 14.9. The quantitative estimate of drug-likeness (QED) is 0.437. The maximum atomic E-state index is 13.9. The Labute approximate surface area is 243 Å². The highest BCUT2D eigenvalue weighted by atomic mass is 35.5. The van der Waals surface area contributed by atoms with Crippen LogP contribution in [0.2, 0.25) is 10.2 Å². The monoisotopic (exact) mass is 630 g/mol. The Morgan fingerprint density at radius 1 is 1.17 bits per heavy atom. The number of carbonyl (C=O) groups excluding carboxylic acids is 2. The molecule has 1 N–H and O–H groups in total. The van der Waals surface area contributed by atoms with E-state index in [0.29, 0.717) is 31.2 Å². The third-order valence-corrected chi connectivity index (χ3v) is 10.5. The van der Waals surface area contributed by atoms with E-state index in [1.807, 2.05) is 0 Å². The summed E-state index contributed by atoms with van der Waals surface area (Å²) < 4.78 is 69.6. The highest BCUT2D eigenvalue weighted by Gasteiger charge is 2.58. The molecule has 9 nitrogen and oxygen atoms in total. The summed E-state index contributed by atoms with van der Waals surface area (Å²) in [6.07, 6.45) is -1.58. The molecule has 2 aliphatic carbocycles. The molecule has 3 aliphatic rings. The second kappa shape index (κ2) is 10.3. The van der Waals surface area contributed by atoms with Gasteiger partial charge in [-0.3, -0.25) is 9.59 Å². The van der Waals surface area contributed by atoms with Crippen molar-refractivity contribution in [1.82, 2.24) is 15.2 Å². The van der Waals surface area contributed by atoms with Crippen molar-refractivity contribution in [2.24, 2.45) is 0 Å². The van der Waals surface area contributed by atoms with Gasteiger partial charge in [-0.2, -0.15) is 18.4 Å². The van der Waals surface area contributed by atoms with Gasteiger partial charge < -0.3 is 15.0 Å². The zero-order chi connectivity index (χ0) is 29.8. The number of nitriles is 1. The number of sulfone groups is 1. The lowest BCUT2D eigenvalue weighted by atomic mass is 9.95. The predicted octanol–water partition coefficient (Wildman–Crippen LogP) is 3.98. The molecule has 2 aromatic rings. The number of benzene rings is 1. The van der Waals surface area contributed by atoms with E-state index in [0.717, 1.165) is 18.2 Å². The number of nitrogens with one attached hydrogen (secondary N) is 1. The standard InChI is InChI=1S/C26H23Cl2F3N4O5S/c27-18-9-16(40-14-26(29,30)31)2-3-20(18)41(38,39)17-10-19(22(36)34-24(13-32)5-6-24)35(12-17)23(37)25(7-8-25)15-1-4-21(28)33-11-15/h1-4,9,11,17,19H,5-8,10,12,14H2,(H,34,36)/t17-,19?/m1/s1. The fourth-order valence-corrected chi connectivity index (χ4v) is 7.38. The molecule has 1 aliphatic heterocycles. The van der Waals surface area contributed by atoms with Gasteiger partial charge in [-0.25, -0.2) is 13.4 Å². The van der Waals surface area contributed by atoms with Crippen molar-refractivity contribution in [3.8, 4) is 11.8 Å². The predicted molar refractivity (Wildman–Crippen MR) is 140 cm³/mol. The van der Waals surface area contributed by atoms with Crippen LogP contribution in [-0.4, -0.2) is 66.3 Å². The van der Waals surface area contributed by atoms with Gasteiger partial charge >= 0.3 is 6.18 Å². The number of likely N-dealkylation sites (tertiary alicyclic amines) is 1. The highest BCUT2D eigenvalue weighted by Crippen LogP contribution is 2.51. The number of aromatic nitrogens is 1. The Hall–Kier alpha value is -3.08. The number of rotatable bonds is 8. The molecule has 3 fully saturated rings. The van der Waals surface area contributed by atoms with E-state index in [1.165, 1.54) is 11.1 Å². The van der Waals surface area contributed by atoms with Crippen LogP contribution in [0.5, 0.6) is 5.75 Å². The lowest BCUT2D eigenvalue weighted by Crippen LogP contribution is -2.51. The van der Waals surface area contributed by atoms with Gasteiger partial charge in [0.05, 0.1) is 26.7 Å². The van der Waals surface area contributed by atoms with E-state index in [2.05, 4.69) is 21.1 Å². The topological polar surface area (TPSA) is 129 Å². The van der Waals surface area contributed by atoms with E-state index in [-0.39, 0.29) is 33.8 Å². The first-order chi connectivity index (χ1) is 19.2. The van der Waals surface area contributed by atoms with Gasteiger partial charge in [-0.1, -0.05) is 29.3 Å². The lowest BCUT2D eigenvalue weighted by Gasteiger charge is -2.29. The Kier molecular flexibility index (Phi) is 7.41. The van der Waals surface area contributed by atoms with Gasteiger partial charge in [-0.15, -0.1) is 0 Å². The normalized spacial score (nSPS) is 22.5. The number of ether oxygens (including phenoxy) is 1. The van der Waals surface area contributed by atoms with Crippen LogP contribution in [0.1, 0.15) is 37.7 Å². The molecule has 1 aromatic carbocycles. The number of alkyl halides is 3. The molecule has 0 radical (unpaired) electrons. The molecule has 41 heavy (non-hydrogen) atoms. The van der Waals surface area contributed by atoms with Crippen molar-refractivity contribution in [3.63, 3.8) is 0 Å². The fourth-order valence-electron chi connectivity index (χ4n) is 5.04. The SMILES string of the molecule is N#CC1(NC(=O)C2C[C@@H](S(=O)(=O)c3ccc(OCC(F)(F)F)cc3Cl)CN2C(=O)C2(c3ccc(Cl)nc3)CC2)CC1. The first-order valence-electron chi connectivity index (χ1n) is 12.6. The van der Waals surface area contributed by atoms with Crippen molar-refractivity contribution in [3.05, 3.63) is 52.3 Å². The molecule has 2 amide bonds. The number of hydrogen-bond donors (Lipinski definition) is 1. The molecule has 0 bridgehead atoms. The van der Waals surface area contributed by atoms with Gasteiger partial charge in [0.2, 0.25) is 11.8 Å². The van der Waals surface area contributed by atoms with Crippen LogP contribution in [0.25, 0.3) is 0 Å². The lowest BCUT2D eigenvalue weighted by molar-refractivity contribution is -0.153. The van der Waals surface area contributed by atoms with Crippen LogP contribution < -0.4 is 10.1 Å². The van der Waals surface area contributed by atoms with E-state index < -0.39 is 56.7 Å². The number of hydrogen-bond acceptors (Lipinski definition) is 7. The van der Waals surface area contributed by atoms with Gasteiger partial charge in [-0.05, 0) is 55.9 Å². The third kappa shape index (κ3) is 5.82. The molecular weight excluding hydrogens is 608 g/mol. The average Bonchev–Trinajstić information content (AvgIpc) is 3.83. The second-order valence-corrected chi connectivity index (χ2v) is 13.5. The summed E-state index contributed by atoms with van der Waals surface area (Å²) in [5.74, 6) is -1.35. The zero-order valence-corrected chi connectivity index (χ0v) is 23.6. The first kappa shape index (κ1) is 29.4. The summed E-state index contributed by atoms with van der Waals surface area (Å²) in [4.78, 5) is 32.2. The molecule has 1 saturated heterocycles. The molecule has 2 atom stereocenters. The smallest absolute Gasteiger partial charge is 0.422 e. The molecule has 0 spiro atoms. The molecule has 15 heteroatoms. The van der Waals surface area contributed by atoms with Crippen molar-refractivity contribution < 1.29 is 35.9 Å². The summed E-state index contributed by atoms with van der Waals surface area (Å²) in [6, 6.07) is 7.14. The average molecular weight is 631 g/mol. The maximum Gasteiger partial charge on any atom is 0.422 e. The third-order valence-electron chi connectivity index (χ3n) is 7.64. The number of nitrogens with zero attached hydrogens (tertiary/aromatic N) is 3. The Morgan fingerprint density at radius 3 is 2.41 bits per heavy atom. The number of carbonyl (C=O) groups is 2. The van der Waals surface area contributed by atoms with Crippen molar-refractivity contribution in [2.75, 3.05) is 13.2 Å². The van der Waals surface area contributed by atoms with Crippen LogP contribution in [0.15, 0.2) is 41.4 Å². The Bertz CT molecular complexity index is 1540. The number of pyridine rings is 1. The van der Waals surface area contributed by atoms with Crippen LogP contribution >= 0.6 is 23.2 Å². The van der Waals surface area contributed by atoms with E-state index in [1.54, 1.807) is 12.1 Å². The summed E-state index contributed by atoms with van der Waals surface area (Å²) in [6.45, 7) is -1.91. The van der Waals surface area contributed by atoms with Crippen LogP contribution in [0, 0.1) is 11.3 Å². The second-order valence-electron chi connectivity index (χ2n) is 10.5. The Morgan fingerprint density at radius 2 is 1.88 bits per heavy atom. The molecule has 1 aromatic heterocycles. The fraction of sp³-hybridized carbons (Fsp3) is 0.462. The number of halogens is 5. The maximum absolute atomic E-state index is 13.9. The van der Waals surface area contributed by atoms with Gasteiger partial charge in [0.1, 0.15) is 22.5 Å². The molecule has 5 rings (SSSR count). The van der Waals surface area contributed by atoms with Crippen LogP contribution in [0.3, 0.4) is 0 Å². The molecule has 1 unspecified atom stereocenters. The van der Waals surface area contributed by atoms with Crippen molar-refractivity contribution >= 4 is 44.9 Å². The highest BCUT2D eigenvalue weighted by molar-refractivity contribution is 7.92.